The Hall–Kier alpha value is -4.02. The standard InChI is InChI=1S/C21H24N2O9/c1-21(2,3)32-19(26)17-12(30-14(11-27-4)18(24)25)8-7-9-13(17)31-20-22-15(28-5)10-16(23-20)29-6/h7-11H,1-6H3,(H,24,25). The molecule has 1 aromatic carbocycles. The van der Waals surface area contributed by atoms with Crippen molar-refractivity contribution in [3.8, 4) is 29.3 Å². The lowest BCUT2D eigenvalue weighted by Gasteiger charge is -2.21. The van der Waals surface area contributed by atoms with Crippen LogP contribution in [0.3, 0.4) is 0 Å². The number of rotatable bonds is 9. The quantitative estimate of drug-likeness (QED) is 0.344. The molecule has 0 spiro atoms. The highest BCUT2D eigenvalue weighted by Crippen LogP contribution is 2.34. The Morgan fingerprint density at radius 2 is 1.59 bits per heavy atom. The third-order valence-electron chi connectivity index (χ3n) is 3.52. The molecule has 11 heteroatoms. The van der Waals surface area contributed by atoms with Crippen LogP contribution in [-0.2, 0) is 14.3 Å². The van der Waals surface area contributed by atoms with Crippen LogP contribution in [0, 0.1) is 0 Å². The number of hydrogen-bond donors (Lipinski definition) is 1. The SMILES string of the molecule is COC=C(Oc1cccc(Oc2nc(OC)cc(OC)n2)c1C(=O)OC(C)(C)C)C(=O)O. The van der Waals surface area contributed by atoms with Crippen molar-refractivity contribution in [2.75, 3.05) is 21.3 Å². The molecule has 1 N–H and O–H groups in total. The summed E-state index contributed by atoms with van der Waals surface area (Å²) < 4.78 is 31.5. The summed E-state index contributed by atoms with van der Waals surface area (Å²) in [6, 6.07) is 5.57. The molecular weight excluding hydrogens is 424 g/mol. The van der Waals surface area contributed by atoms with E-state index in [-0.39, 0.29) is 34.8 Å². The van der Waals surface area contributed by atoms with Crippen LogP contribution in [0.1, 0.15) is 31.1 Å². The zero-order chi connectivity index (χ0) is 23.9. The number of benzene rings is 1. The van der Waals surface area contributed by atoms with E-state index in [4.69, 9.17) is 28.4 Å². The summed E-state index contributed by atoms with van der Waals surface area (Å²) in [5.41, 5.74) is -1.04. The number of carbonyl (C=O) groups excluding carboxylic acids is 1. The average Bonchev–Trinajstić information content (AvgIpc) is 2.71. The van der Waals surface area contributed by atoms with Gasteiger partial charge in [-0.05, 0) is 32.9 Å². The second kappa shape index (κ2) is 10.3. The van der Waals surface area contributed by atoms with E-state index < -0.39 is 23.3 Å². The molecule has 0 aliphatic rings. The topological polar surface area (TPSA) is 136 Å². The molecule has 2 aromatic rings. The van der Waals surface area contributed by atoms with Crippen LogP contribution in [0.5, 0.6) is 29.3 Å². The van der Waals surface area contributed by atoms with E-state index in [1.54, 1.807) is 20.8 Å². The van der Waals surface area contributed by atoms with Gasteiger partial charge in [0.05, 0.1) is 27.4 Å². The number of carbonyl (C=O) groups is 2. The average molecular weight is 448 g/mol. The summed E-state index contributed by atoms with van der Waals surface area (Å²) in [6.07, 6.45) is 0.880. The van der Waals surface area contributed by atoms with Gasteiger partial charge in [0.2, 0.25) is 17.5 Å². The van der Waals surface area contributed by atoms with Crippen molar-refractivity contribution in [2.24, 2.45) is 0 Å². The summed E-state index contributed by atoms with van der Waals surface area (Å²) in [6.45, 7) is 5.04. The molecule has 0 saturated heterocycles. The normalized spacial score (nSPS) is 11.4. The molecule has 0 amide bonds. The Morgan fingerprint density at radius 3 is 2.09 bits per heavy atom. The van der Waals surface area contributed by atoms with E-state index in [9.17, 15) is 14.7 Å². The minimum absolute atomic E-state index is 0.0470. The van der Waals surface area contributed by atoms with Crippen molar-refractivity contribution in [2.45, 2.75) is 26.4 Å². The fourth-order valence-corrected chi connectivity index (χ4v) is 2.29. The first-order valence-electron chi connectivity index (χ1n) is 9.23. The molecule has 0 fully saturated rings. The minimum Gasteiger partial charge on any atom is -0.500 e. The molecule has 1 aromatic heterocycles. The molecule has 172 valence electrons. The number of carboxylic acids is 1. The summed E-state index contributed by atoms with van der Waals surface area (Å²) in [7, 11) is 4.07. The van der Waals surface area contributed by atoms with Crippen LogP contribution in [0.15, 0.2) is 36.3 Å². The third-order valence-corrected chi connectivity index (χ3v) is 3.52. The van der Waals surface area contributed by atoms with Gasteiger partial charge in [-0.1, -0.05) is 6.07 Å². The Kier molecular flexibility index (Phi) is 7.83. The number of aromatic nitrogens is 2. The Labute approximate surface area is 184 Å². The minimum atomic E-state index is -1.41. The second-order valence-electron chi connectivity index (χ2n) is 7.09. The molecule has 1 heterocycles. The van der Waals surface area contributed by atoms with E-state index in [0.717, 1.165) is 6.26 Å². The van der Waals surface area contributed by atoms with E-state index in [1.165, 1.54) is 45.6 Å². The Balaban J connectivity index is 2.58. The van der Waals surface area contributed by atoms with Crippen LogP contribution < -0.4 is 18.9 Å². The van der Waals surface area contributed by atoms with Gasteiger partial charge >= 0.3 is 17.9 Å². The molecule has 0 aliphatic heterocycles. The fourth-order valence-electron chi connectivity index (χ4n) is 2.29. The Bertz CT molecular complexity index is 991. The second-order valence-corrected chi connectivity index (χ2v) is 7.09. The first-order valence-corrected chi connectivity index (χ1v) is 9.23. The highest BCUT2D eigenvalue weighted by atomic mass is 16.6. The zero-order valence-corrected chi connectivity index (χ0v) is 18.5. The van der Waals surface area contributed by atoms with Crippen molar-refractivity contribution >= 4 is 11.9 Å². The number of methoxy groups -OCH3 is 3. The van der Waals surface area contributed by atoms with Crippen molar-refractivity contribution in [1.29, 1.82) is 0 Å². The lowest BCUT2D eigenvalue weighted by atomic mass is 10.1. The molecular formula is C21H24N2O9. The van der Waals surface area contributed by atoms with Gasteiger partial charge in [-0.2, -0.15) is 9.97 Å². The van der Waals surface area contributed by atoms with Gasteiger partial charge in [-0.25, -0.2) is 9.59 Å². The highest BCUT2D eigenvalue weighted by molar-refractivity contribution is 5.96. The molecule has 2 rings (SSSR count). The van der Waals surface area contributed by atoms with E-state index >= 15 is 0 Å². The van der Waals surface area contributed by atoms with Crippen molar-refractivity contribution < 1.29 is 43.1 Å². The largest absolute Gasteiger partial charge is 0.500 e. The summed E-state index contributed by atoms with van der Waals surface area (Å²) >= 11 is 0. The summed E-state index contributed by atoms with van der Waals surface area (Å²) in [4.78, 5) is 32.6. The molecule has 0 bridgehead atoms. The van der Waals surface area contributed by atoms with Crippen molar-refractivity contribution in [1.82, 2.24) is 9.97 Å². The smallest absolute Gasteiger partial charge is 0.375 e. The van der Waals surface area contributed by atoms with Gasteiger partial charge in [0.15, 0.2) is 0 Å². The first kappa shape index (κ1) is 24.3. The molecule has 0 aliphatic carbocycles. The first-order chi connectivity index (χ1) is 15.1. The van der Waals surface area contributed by atoms with Gasteiger partial charge in [0.25, 0.3) is 0 Å². The predicted octanol–water partition coefficient (Wildman–Crippen LogP) is 3.19. The highest BCUT2D eigenvalue weighted by Gasteiger charge is 2.27. The molecule has 0 saturated carbocycles. The monoisotopic (exact) mass is 448 g/mol. The van der Waals surface area contributed by atoms with Crippen LogP contribution in [0.2, 0.25) is 0 Å². The maximum Gasteiger partial charge on any atom is 0.375 e. The summed E-state index contributed by atoms with van der Waals surface area (Å²) in [5, 5.41) is 9.33. The molecule has 0 atom stereocenters. The van der Waals surface area contributed by atoms with Crippen LogP contribution in [-0.4, -0.2) is 53.9 Å². The predicted molar refractivity (Wildman–Crippen MR) is 110 cm³/mol. The molecule has 0 unspecified atom stereocenters. The van der Waals surface area contributed by atoms with E-state index in [1.807, 2.05) is 0 Å². The van der Waals surface area contributed by atoms with Crippen LogP contribution >= 0.6 is 0 Å². The van der Waals surface area contributed by atoms with Crippen LogP contribution in [0.25, 0.3) is 0 Å². The van der Waals surface area contributed by atoms with Gasteiger partial charge in [0, 0.05) is 0 Å². The van der Waals surface area contributed by atoms with Crippen LogP contribution in [0.4, 0.5) is 0 Å². The molecule has 11 nitrogen and oxygen atoms in total. The fraction of sp³-hybridized carbons (Fsp3) is 0.333. The number of aliphatic carboxylic acids is 1. The van der Waals surface area contributed by atoms with Gasteiger partial charge in [0.1, 0.15) is 28.9 Å². The number of ether oxygens (including phenoxy) is 6. The maximum atomic E-state index is 13.0. The molecule has 32 heavy (non-hydrogen) atoms. The van der Waals surface area contributed by atoms with Gasteiger partial charge in [-0.15, -0.1) is 0 Å². The zero-order valence-electron chi connectivity index (χ0n) is 18.5. The van der Waals surface area contributed by atoms with Gasteiger partial charge in [-0.3, -0.25) is 0 Å². The van der Waals surface area contributed by atoms with E-state index in [0.29, 0.717) is 0 Å². The third kappa shape index (κ3) is 6.49. The molecule has 0 radical (unpaired) electrons. The van der Waals surface area contributed by atoms with Gasteiger partial charge < -0.3 is 33.5 Å². The lowest BCUT2D eigenvalue weighted by molar-refractivity contribution is -0.135. The summed E-state index contributed by atoms with van der Waals surface area (Å²) in [5.74, 6) is -2.65. The number of carboxylic acid groups (broad SMARTS) is 1. The number of hydrogen-bond acceptors (Lipinski definition) is 10. The van der Waals surface area contributed by atoms with Crippen molar-refractivity contribution in [3.05, 3.63) is 41.9 Å². The van der Waals surface area contributed by atoms with Crippen molar-refractivity contribution in [3.63, 3.8) is 0 Å². The van der Waals surface area contributed by atoms with E-state index in [2.05, 4.69) is 9.97 Å². The lowest BCUT2D eigenvalue weighted by Crippen LogP contribution is -2.24. The number of nitrogens with zero attached hydrogens (tertiary/aromatic N) is 2. The maximum absolute atomic E-state index is 13.0. The number of esters is 1. The Morgan fingerprint density at radius 1 is 1.00 bits per heavy atom.